The smallest absolute Gasteiger partial charge is 0.324 e. The van der Waals surface area contributed by atoms with Crippen LogP contribution in [0.5, 0.6) is 0 Å². The average molecular weight is 274 g/mol. The first-order chi connectivity index (χ1) is 8.79. The molecule has 19 heavy (non-hydrogen) atoms. The highest BCUT2D eigenvalue weighted by molar-refractivity contribution is 6.02. The fourth-order valence-electron chi connectivity index (χ4n) is 1.72. The summed E-state index contributed by atoms with van der Waals surface area (Å²) in [4.78, 5) is 22.3. The molecule has 102 valence electrons. The van der Waals surface area contributed by atoms with Crippen molar-refractivity contribution in [2.75, 3.05) is 0 Å². The second kappa shape index (κ2) is 4.54. The maximum absolute atomic E-state index is 12.3. The predicted molar refractivity (Wildman–Crippen MR) is 56.1 cm³/mol. The predicted octanol–water partition coefficient (Wildman–Crippen LogP) is 1.56. The van der Waals surface area contributed by atoms with Crippen LogP contribution in [0.2, 0.25) is 0 Å². The van der Waals surface area contributed by atoms with Crippen LogP contribution in [-0.4, -0.2) is 28.3 Å². The van der Waals surface area contributed by atoms with E-state index in [4.69, 9.17) is 5.21 Å². The standard InChI is InChI=1S/C11H9F3N2O3/c12-11(13,14)7-3-1-6(2-4-7)5-8-9(17)16(19)10(18)15-8/h1-4,8,19H,5H2,(H,15,18). The Bertz CT molecular complexity index is 513. The summed E-state index contributed by atoms with van der Waals surface area (Å²) in [7, 11) is 0. The van der Waals surface area contributed by atoms with Crippen molar-refractivity contribution in [3.8, 4) is 0 Å². The van der Waals surface area contributed by atoms with Gasteiger partial charge in [0.15, 0.2) is 0 Å². The molecule has 5 nitrogen and oxygen atoms in total. The number of hydrogen-bond acceptors (Lipinski definition) is 3. The zero-order chi connectivity index (χ0) is 14.2. The van der Waals surface area contributed by atoms with Gasteiger partial charge >= 0.3 is 12.2 Å². The van der Waals surface area contributed by atoms with E-state index in [-0.39, 0.29) is 11.5 Å². The molecule has 1 atom stereocenters. The molecule has 0 aliphatic carbocycles. The lowest BCUT2D eigenvalue weighted by Crippen LogP contribution is -2.31. The number of nitrogens with one attached hydrogen (secondary N) is 1. The van der Waals surface area contributed by atoms with E-state index in [1.54, 1.807) is 0 Å². The van der Waals surface area contributed by atoms with Gasteiger partial charge in [0.05, 0.1) is 5.56 Å². The van der Waals surface area contributed by atoms with E-state index in [0.717, 1.165) is 12.1 Å². The van der Waals surface area contributed by atoms with Crippen molar-refractivity contribution in [1.29, 1.82) is 0 Å². The number of urea groups is 1. The third-order valence-electron chi connectivity index (χ3n) is 2.72. The van der Waals surface area contributed by atoms with Gasteiger partial charge in [-0.3, -0.25) is 10.0 Å². The summed E-state index contributed by atoms with van der Waals surface area (Å²) in [6.07, 6.45) is -4.41. The van der Waals surface area contributed by atoms with Gasteiger partial charge in [0.25, 0.3) is 5.91 Å². The van der Waals surface area contributed by atoms with Gasteiger partial charge in [0.1, 0.15) is 6.04 Å². The van der Waals surface area contributed by atoms with E-state index >= 15 is 0 Å². The lowest BCUT2D eigenvalue weighted by Gasteiger charge is -2.10. The molecule has 8 heteroatoms. The molecule has 1 heterocycles. The van der Waals surface area contributed by atoms with E-state index < -0.39 is 29.7 Å². The van der Waals surface area contributed by atoms with Crippen LogP contribution in [0.4, 0.5) is 18.0 Å². The summed E-state index contributed by atoms with van der Waals surface area (Å²) in [6.45, 7) is 0. The SMILES string of the molecule is O=C1NC(Cc2ccc(C(F)(F)F)cc2)C(=O)N1O. The second-order valence-electron chi connectivity index (χ2n) is 4.05. The molecule has 2 rings (SSSR count). The summed E-state index contributed by atoms with van der Waals surface area (Å²) in [5.41, 5.74) is -0.344. The third-order valence-corrected chi connectivity index (χ3v) is 2.72. The third kappa shape index (κ3) is 2.68. The number of benzene rings is 1. The molecular formula is C11H9F3N2O3. The van der Waals surface area contributed by atoms with Crippen molar-refractivity contribution in [3.05, 3.63) is 35.4 Å². The van der Waals surface area contributed by atoms with Crippen molar-refractivity contribution >= 4 is 11.9 Å². The van der Waals surface area contributed by atoms with Crippen LogP contribution < -0.4 is 5.32 Å². The largest absolute Gasteiger partial charge is 0.416 e. The molecule has 0 radical (unpaired) electrons. The van der Waals surface area contributed by atoms with Gasteiger partial charge in [-0.2, -0.15) is 13.2 Å². The first-order valence-corrected chi connectivity index (χ1v) is 5.28. The number of carbonyl (C=O) groups is 2. The van der Waals surface area contributed by atoms with Gasteiger partial charge in [-0.1, -0.05) is 12.1 Å². The Morgan fingerprint density at radius 1 is 1.21 bits per heavy atom. The number of halogens is 3. The summed E-state index contributed by atoms with van der Waals surface area (Å²) >= 11 is 0. The zero-order valence-electron chi connectivity index (χ0n) is 9.44. The lowest BCUT2D eigenvalue weighted by atomic mass is 10.0. The van der Waals surface area contributed by atoms with Crippen molar-refractivity contribution in [2.45, 2.75) is 18.6 Å². The molecule has 0 aromatic heterocycles. The average Bonchev–Trinajstić information content (AvgIpc) is 2.57. The highest BCUT2D eigenvalue weighted by atomic mass is 19.4. The number of amides is 3. The first kappa shape index (κ1) is 13.3. The van der Waals surface area contributed by atoms with Crippen LogP contribution in [0.25, 0.3) is 0 Å². The van der Waals surface area contributed by atoms with Crippen LogP contribution in [0.1, 0.15) is 11.1 Å². The minimum Gasteiger partial charge on any atom is -0.324 e. The molecule has 1 aliphatic rings. The molecule has 0 spiro atoms. The molecule has 1 saturated heterocycles. The fraction of sp³-hybridized carbons (Fsp3) is 0.273. The molecule has 0 bridgehead atoms. The fourth-order valence-corrected chi connectivity index (χ4v) is 1.72. The number of carbonyl (C=O) groups excluding carboxylic acids is 2. The number of alkyl halides is 3. The highest BCUT2D eigenvalue weighted by Gasteiger charge is 2.37. The van der Waals surface area contributed by atoms with Gasteiger partial charge in [0.2, 0.25) is 0 Å². The van der Waals surface area contributed by atoms with E-state index in [1.165, 1.54) is 12.1 Å². The molecule has 1 fully saturated rings. The topological polar surface area (TPSA) is 69.6 Å². The maximum atomic E-state index is 12.3. The number of rotatable bonds is 2. The first-order valence-electron chi connectivity index (χ1n) is 5.28. The highest BCUT2D eigenvalue weighted by Crippen LogP contribution is 2.29. The lowest BCUT2D eigenvalue weighted by molar-refractivity contribution is -0.149. The van der Waals surface area contributed by atoms with Crippen LogP contribution in [0, 0.1) is 0 Å². The van der Waals surface area contributed by atoms with Crippen molar-refractivity contribution < 1.29 is 28.0 Å². The Morgan fingerprint density at radius 3 is 2.21 bits per heavy atom. The summed E-state index contributed by atoms with van der Waals surface area (Å²) in [5.74, 6) is -0.829. The Balaban J connectivity index is 2.09. The van der Waals surface area contributed by atoms with E-state index in [9.17, 15) is 22.8 Å². The van der Waals surface area contributed by atoms with Crippen molar-refractivity contribution in [2.24, 2.45) is 0 Å². The molecule has 3 amide bonds. The molecule has 1 aliphatic heterocycles. The van der Waals surface area contributed by atoms with E-state index in [2.05, 4.69) is 5.32 Å². The van der Waals surface area contributed by atoms with Gasteiger partial charge in [-0.05, 0) is 17.7 Å². The number of hydroxylamine groups is 2. The Kier molecular flexibility index (Phi) is 3.19. The second-order valence-corrected chi connectivity index (χ2v) is 4.05. The summed E-state index contributed by atoms with van der Waals surface area (Å²) in [5, 5.41) is 11.2. The van der Waals surface area contributed by atoms with Crippen LogP contribution in [-0.2, 0) is 17.4 Å². The van der Waals surface area contributed by atoms with E-state index in [1.807, 2.05) is 0 Å². The molecule has 1 unspecified atom stereocenters. The minimum atomic E-state index is -4.42. The zero-order valence-corrected chi connectivity index (χ0v) is 9.44. The Hall–Kier alpha value is -2.09. The molecule has 1 aromatic rings. The molecule has 0 saturated carbocycles. The maximum Gasteiger partial charge on any atom is 0.416 e. The van der Waals surface area contributed by atoms with Crippen LogP contribution >= 0.6 is 0 Å². The summed E-state index contributed by atoms with van der Waals surface area (Å²) in [6, 6.07) is 2.33. The van der Waals surface area contributed by atoms with Crippen LogP contribution in [0.15, 0.2) is 24.3 Å². The minimum absolute atomic E-state index is 0.0137. The summed E-state index contributed by atoms with van der Waals surface area (Å²) < 4.78 is 37.0. The molecular weight excluding hydrogens is 265 g/mol. The monoisotopic (exact) mass is 274 g/mol. The quantitative estimate of drug-likeness (QED) is 0.635. The Morgan fingerprint density at radius 2 is 1.79 bits per heavy atom. The van der Waals surface area contributed by atoms with E-state index in [0.29, 0.717) is 5.56 Å². The van der Waals surface area contributed by atoms with Crippen molar-refractivity contribution in [1.82, 2.24) is 10.4 Å². The Labute approximate surface area is 105 Å². The molecule has 1 aromatic carbocycles. The number of hydrogen-bond donors (Lipinski definition) is 2. The van der Waals surface area contributed by atoms with Gasteiger partial charge < -0.3 is 5.32 Å². The van der Waals surface area contributed by atoms with Gasteiger partial charge in [0, 0.05) is 6.42 Å². The van der Waals surface area contributed by atoms with Crippen LogP contribution in [0.3, 0.4) is 0 Å². The van der Waals surface area contributed by atoms with Gasteiger partial charge in [-0.15, -0.1) is 5.06 Å². The normalized spacial score (nSPS) is 19.8. The number of nitrogens with zero attached hydrogens (tertiary/aromatic N) is 1. The van der Waals surface area contributed by atoms with Crippen molar-refractivity contribution in [3.63, 3.8) is 0 Å². The molecule has 2 N–H and O–H groups in total. The van der Waals surface area contributed by atoms with Gasteiger partial charge in [-0.25, -0.2) is 4.79 Å². The number of imide groups is 1.